The monoisotopic (exact) mass is 380 g/mol. The second-order valence-electron chi connectivity index (χ2n) is 5.30. The minimum atomic E-state index is -0.241. The van der Waals surface area contributed by atoms with E-state index in [-0.39, 0.29) is 12.1 Å². The summed E-state index contributed by atoms with van der Waals surface area (Å²) in [6, 6.07) is 10.5. The van der Waals surface area contributed by atoms with E-state index in [2.05, 4.69) is 24.3 Å². The molecule has 0 spiro atoms. The van der Waals surface area contributed by atoms with Crippen molar-refractivity contribution < 1.29 is 14.3 Å². The van der Waals surface area contributed by atoms with Gasteiger partial charge in [0.05, 0.1) is 0 Å². The van der Waals surface area contributed by atoms with Crippen LogP contribution in [-0.4, -0.2) is 33.6 Å². The molecule has 1 aromatic carbocycles. The number of hydrogen-bond donors (Lipinski definition) is 0. The average molecular weight is 379 g/mol. The van der Waals surface area contributed by atoms with Gasteiger partial charge >= 0.3 is 145 Å². The van der Waals surface area contributed by atoms with Gasteiger partial charge in [-0.3, -0.25) is 0 Å². The van der Waals surface area contributed by atoms with Crippen LogP contribution in [0.25, 0.3) is 0 Å². The number of carbonyl (C=O) groups is 1. The summed E-state index contributed by atoms with van der Waals surface area (Å²) in [6.45, 7) is 4.18. The normalized spacial score (nSPS) is 19.7. The Kier molecular flexibility index (Phi) is 7.44. The van der Waals surface area contributed by atoms with Crippen molar-refractivity contribution in [3.8, 4) is 0 Å². The fourth-order valence-corrected chi connectivity index (χ4v) is 4.44. The second kappa shape index (κ2) is 9.59. The number of carbonyl (C=O) groups excluding carboxylic acids is 1. The summed E-state index contributed by atoms with van der Waals surface area (Å²) in [6.07, 6.45) is 6.56. The Morgan fingerprint density at radius 3 is 2.87 bits per heavy atom. The predicted octanol–water partition coefficient (Wildman–Crippen LogP) is 3.40. The second-order valence-corrected chi connectivity index (χ2v) is 7.59. The van der Waals surface area contributed by atoms with E-state index in [4.69, 9.17) is 9.47 Å². The number of rotatable bonds is 7. The number of benzene rings is 1. The number of hydrogen-bond acceptors (Lipinski definition) is 3. The van der Waals surface area contributed by atoms with E-state index < -0.39 is 0 Å². The number of allylic oxidation sites excluding steroid dienone is 3. The molecule has 1 aromatic rings. The Morgan fingerprint density at radius 2 is 2.17 bits per heavy atom. The van der Waals surface area contributed by atoms with Crippen LogP contribution in [0.1, 0.15) is 33.1 Å². The van der Waals surface area contributed by atoms with E-state index in [1.165, 1.54) is 4.46 Å². The van der Waals surface area contributed by atoms with Crippen LogP contribution in [0.4, 0.5) is 0 Å². The van der Waals surface area contributed by atoms with Crippen molar-refractivity contribution >= 4 is 25.4 Å². The first kappa shape index (κ1) is 17.8. The van der Waals surface area contributed by atoms with Gasteiger partial charge in [-0.25, -0.2) is 0 Å². The van der Waals surface area contributed by atoms with Crippen LogP contribution in [0.2, 0.25) is 5.32 Å². The molecule has 23 heavy (non-hydrogen) atoms. The molecule has 0 amide bonds. The first-order chi connectivity index (χ1) is 11.2. The molecule has 1 aliphatic heterocycles. The third-order valence-corrected chi connectivity index (χ3v) is 6.00. The average Bonchev–Trinajstić information content (AvgIpc) is 3.03. The van der Waals surface area contributed by atoms with Gasteiger partial charge in [0, 0.05) is 0 Å². The summed E-state index contributed by atoms with van der Waals surface area (Å²) >= 11 is 0.411. The van der Waals surface area contributed by atoms with Gasteiger partial charge in [-0.15, -0.1) is 0 Å². The molecule has 1 unspecified atom stereocenters. The molecule has 1 heterocycles. The summed E-state index contributed by atoms with van der Waals surface area (Å²) in [4.78, 5) is 12.1. The molecule has 0 aliphatic carbocycles. The Balaban J connectivity index is 1.97. The van der Waals surface area contributed by atoms with E-state index in [9.17, 15) is 4.79 Å². The van der Waals surface area contributed by atoms with Crippen LogP contribution < -0.4 is 4.46 Å². The van der Waals surface area contributed by atoms with E-state index in [0.29, 0.717) is 33.6 Å². The molecular formula is C19H24O3Se. The summed E-state index contributed by atoms with van der Waals surface area (Å²) < 4.78 is 12.6. The molecule has 1 saturated heterocycles. The summed E-state index contributed by atoms with van der Waals surface area (Å²) in [5.74, 6) is 0.588. The molecule has 0 radical (unpaired) electrons. The zero-order valence-corrected chi connectivity index (χ0v) is 15.5. The standard InChI is InChI=1S/C19H24O3Se/c1-3-5-11-17(19(20)21-4-2)18-13-12-15(22-18)14-23-16-9-7-6-8-10-16/h3,5-10,15H,4,11-14H2,1-2H3/b5-3+,18-17-. The topological polar surface area (TPSA) is 35.5 Å². The van der Waals surface area contributed by atoms with Crippen molar-refractivity contribution in [2.24, 2.45) is 0 Å². The fraction of sp³-hybridized carbons (Fsp3) is 0.421. The van der Waals surface area contributed by atoms with Crippen LogP contribution in [0.15, 0.2) is 53.8 Å². The van der Waals surface area contributed by atoms with Crippen molar-refractivity contribution in [2.75, 3.05) is 6.61 Å². The van der Waals surface area contributed by atoms with Crippen LogP contribution >= 0.6 is 0 Å². The zero-order valence-electron chi connectivity index (χ0n) is 13.8. The molecular weight excluding hydrogens is 355 g/mol. The van der Waals surface area contributed by atoms with Gasteiger partial charge in [-0.2, -0.15) is 0 Å². The molecule has 2 rings (SSSR count). The SMILES string of the molecule is C/C=C/C/C(C(=O)OCC)=C1\CCC(C[Se]c2ccccc2)O1. The summed E-state index contributed by atoms with van der Waals surface area (Å²) in [5.41, 5.74) is 0.680. The third kappa shape index (κ3) is 5.56. The third-order valence-electron chi connectivity index (χ3n) is 3.60. The van der Waals surface area contributed by atoms with E-state index in [0.717, 1.165) is 23.9 Å². The molecule has 0 saturated carbocycles. The molecule has 0 bridgehead atoms. The van der Waals surface area contributed by atoms with E-state index in [1.807, 2.05) is 32.1 Å². The molecule has 1 fully saturated rings. The maximum atomic E-state index is 12.1. The molecule has 0 N–H and O–H groups in total. The van der Waals surface area contributed by atoms with Crippen molar-refractivity contribution in [3.05, 3.63) is 53.8 Å². The van der Waals surface area contributed by atoms with Crippen molar-refractivity contribution in [2.45, 2.75) is 44.5 Å². The van der Waals surface area contributed by atoms with Gasteiger partial charge < -0.3 is 0 Å². The quantitative estimate of drug-likeness (QED) is 0.315. The number of ether oxygens (including phenoxy) is 2. The van der Waals surface area contributed by atoms with Gasteiger partial charge in [0.1, 0.15) is 0 Å². The van der Waals surface area contributed by atoms with Crippen LogP contribution in [0.3, 0.4) is 0 Å². The van der Waals surface area contributed by atoms with Crippen molar-refractivity contribution in [3.63, 3.8) is 0 Å². The Bertz CT molecular complexity index is 563. The van der Waals surface area contributed by atoms with Crippen LogP contribution in [0, 0.1) is 0 Å². The van der Waals surface area contributed by atoms with Gasteiger partial charge in [-0.05, 0) is 0 Å². The Labute approximate surface area is 144 Å². The van der Waals surface area contributed by atoms with Gasteiger partial charge in [0.15, 0.2) is 0 Å². The Hall–Kier alpha value is -1.51. The predicted molar refractivity (Wildman–Crippen MR) is 93.8 cm³/mol. The first-order valence-corrected chi connectivity index (χ1v) is 10.2. The maximum absolute atomic E-state index is 12.1. The van der Waals surface area contributed by atoms with Crippen LogP contribution in [-0.2, 0) is 14.3 Å². The molecule has 1 atom stereocenters. The molecule has 4 heteroatoms. The van der Waals surface area contributed by atoms with Gasteiger partial charge in [0.25, 0.3) is 0 Å². The molecule has 1 aliphatic rings. The molecule has 0 aromatic heterocycles. The van der Waals surface area contributed by atoms with E-state index in [1.54, 1.807) is 0 Å². The zero-order chi connectivity index (χ0) is 16.5. The van der Waals surface area contributed by atoms with Crippen molar-refractivity contribution in [1.29, 1.82) is 0 Å². The summed E-state index contributed by atoms with van der Waals surface area (Å²) in [7, 11) is 0. The molecule has 124 valence electrons. The van der Waals surface area contributed by atoms with Crippen LogP contribution in [0.5, 0.6) is 0 Å². The van der Waals surface area contributed by atoms with Gasteiger partial charge in [0.2, 0.25) is 0 Å². The van der Waals surface area contributed by atoms with Crippen molar-refractivity contribution in [1.82, 2.24) is 0 Å². The Morgan fingerprint density at radius 1 is 1.39 bits per heavy atom. The minimum absolute atomic E-state index is 0.222. The molecule has 3 nitrogen and oxygen atoms in total. The van der Waals surface area contributed by atoms with E-state index >= 15 is 0 Å². The first-order valence-electron chi connectivity index (χ1n) is 8.09. The fourth-order valence-electron chi connectivity index (χ4n) is 2.42. The van der Waals surface area contributed by atoms with Gasteiger partial charge in [-0.1, -0.05) is 0 Å². The number of esters is 1. The summed E-state index contributed by atoms with van der Waals surface area (Å²) in [5, 5.41) is 1.04.